The fourth-order valence-corrected chi connectivity index (χ4v) is 4.02. The highest BCUT2D eigenvalue weighted by Crippen LogP contribution is 2.27. The minimum atomic E-state index is -0.283. The van der Waals surface area contributed by atoms with Crippen LogP contribution in [0.5, 0.6) is 5.75 Å². The van der Waals surface area contributed by atoms with Crippen LogP contribution in [0.4, 0.5) is 5.69 Å². The van der Waals surface area contributed by atoms with E-state index in [0.717, 1.165) is 31.2 Å². The molecule has 0 aromatic heterocycles. The Labute approximate surface area is 179 Å². The van der Waals surface area contributed by atoms with Crippen LogP contribution in [-0.4, -0.2) is 36.4 Å². The molecule has 0 atom stereocenters. The van der Waals surface area contributed by atoms with E-state index in [-0.39, 0.29) is 24.5 Å². The molecule has 1 saturated carbocycles. The topological polar surface area (TPSA) is 58.6 Å². The predicted molar refractivity (Wildman–Crippen MR) is 120 cm³/mol. The summed E-state index contributed by atoms with van der Waals surface area (Å²) >= 11 is 0. The first-order valence-corrected chi connectivity index (χ1v) is 10.8. The highest BCUT2D eigenvalue weighted by Gasteiger charge is 2.24. The molecule has 0 radical (unpaired) electrons. The summed E-state index contributed by atoms with van der Waals surface area (Å²) in [6.07, 6.45) is 5.65. The van der Waals surface area contributed by atoms with Crippen molar-refractivity contribution in [2.45, 2.75) is 57.9 Å². The highest BCUT2D eigenvalue weighted by molar-refractivity contribution is 6.04. The Morgan fingerprint density at radius 2 is 1.70 bits per heavy atom. The van der Waals surface area contributed by atoms with Gasteiger partial charge < -0.3 is 15.0 Å². The van der Waals surface area contributed by atoms with E-state index < -0.39 is 0 Å². The second-order valence-corrected chi connectivity index (χ2v) is 8.28. The Morgan fingerprint density at radius 3 is 2.43 bits per heavy atom. The van der Waals surface area contributed by atoms with Crippen LogP contribution in [-0.2, 0) is 4.79 Å². The number of carbonyl (C=O) groups excluding carboxylic acids is 2. The fraction of sp³-hybridized carbons (Fsp3) is 0.440. The normalized spacial score (nSPS) is 14.4. The van der Waals surface area contributed by atoms with Crippen molar-refractivity contribution in [3.8, 4) is 5.75 Å². The number of hydrogen-bond acceptors (Lipinski definition) is 3. The van der Waals surface area contributed by atoms with Crippen LogP contribution in [0.1, 0.15) is 67.8 Å². The zero-order valence-electron chi connectivity index (χ0n) is 18.2. The van der Waals surface area contributed by atoms with Gasteiger partial charge in [0.25, 0.3) is 11.8 Å². The summed E-state index contributed by atoms with van der Waals surface area (Å²) in [5.41, 5.74) is 2.10. The molecule has 0 aliphatic heterocycles. The van der Waals surface area contributed by atoms with Gasteiger partial charge in [0.2, 0.25) is 0 Å². The van der Waals surface area contributed by atoms with Gasteiger partial charge >= 0.3 is 0 Å². The predicted octanol–water partition coefficient (Wildman–Crippen LogP) is 5.23. The summed E-state index contributed by atoms with van der Waals surface area (Å²) in [7, 11) is 1.86. The Kier molecular flexibility index (Phi) is 7.50. The lowest BCUT2D eigenvalue weighted by Gasteiger charge is -2.31. The Bertz CT molecular complexity index is 872. The summed E-state index contributed by atoms with van der Waals surface area (Å²) in [6.45, 7) is 4.07. The quantitative estimate of drug-likeness (QED) is 0.682. The van der Waals surface area contributed by atoms with E-state index in [0.29, 0.717) is 22.9 Å². The Hall–Kier alpha value is -2.82. The van der Waals surface area contributed by atoms with E-state index >= 15 is 0 Å². The van der Waals surface area contributed by atoms with Crippen LogP contribution < -0.4 is 10.1 Å². The van der Waals surface area contributed by atoms with Gasteiger partial charge in [-0.3, -0.25) is 9.59 Å². The summed E-state index contributed by atoms with van der Waals surface area (Å²) in [5.74, 6) is 0.681. The Morgan fingerprint density at radius 1 is 1.03 bits per heavy atom. The number of benzene rings is 2. The molecule has 30 heavy (non-hydrogen) atoms. The molecule has 1 fully saturated rings. The monoisotopic (exact) mass is 408 g/mol. The smallest absolute Gasteiger partial charge is 0.262 e. The van der Waals surface area contributed by atoms with Crippen LogP contribution in [0.25, 0.3) is 0 Å². The fourth-order valence-electron chi connectivity index (χ4n) is 4.02. The van der Waals surface area contributed by atoms with E-state index in [4.69, 9.17) is 4.74 Å². The van der Waals surface area contributed by atoms with Gasteiger partial charge in [-0.15, -0.1) is 0 Å². The number of amides is 2. The van der Waals surface area contributed by atoms with Crippen molar-refractivity contribution in [2.75, 3.05) is 19.0 Å². The highest BCUT2D eigenvalue weighted by atomic mass is 16.5. The van der Waals surface area contributed by atoms with E-state index in [2.05, 4.69) is 19.2 Å². The standard InChI is InChI=1S/C25H32N2O3/c1-18(2)20-13-8-10-16-23(20)30-17-24(28)26-22-15-9-7-14-21(22)25(29)27(3)19-11-5-4-6-12-19/h7-10,13-16,18-19H,4-6,11-12,17H2,1-3H3,(H,26,28). The van der Waals surface area contributed by atoms with Gasteiger partial charge in [0.15, 0.2) is 6.61 Å². The van der Waals surface area contributed by atoms with Crippen molar-refractivity contribution in [3.05, 3.63) is 59.7 Å². The minimum absolute atomic E-state index is 0.0520. The third-order valence-corrected chi connectivity index (χ3v) is 5.77. The lowest BCUT2D eigenvalue weighted by Crippen LogP contribution is -2.38. The first kappa shape index (κ1) is 21.9. The number of hydrogen-bond donors (Lipinski definition) is 1. The SMILES string of the molecule is CC(C)c1ccccc1OCC(=O)Nc1ccccc1C(=O)N(C)C1CCCCC1. The van der Waals surface area contributed by atoms with Crippen molar-refractivity contribution in [2.24, 2.45) is 0 Å². The second kappa shape index (κ2) is 10.3. The molecule has 2 aromatic carbocycles. The van der Waals surface area contributed by atoms with Gasteiger partial charge in [-0.05, 0) is 42.5 Å². The van der Waals surface area contributed by atoms with Gasteiger partial charge in [0, 0.05) is 13.1 Å². The van der Waals surface area contributed by atoms with Crippen LogP contribution in [0, 0.1) is 0 Å². The molecule has 0 bridgehead atoms. The third kappa shape index (κ3) is 5.41. The van der Waals surface area contributed by atoms with E-state index in [1.165, 1.54) is 6.42 Å². The van der Waals surface area contributed by atoms with Gasteiger partial charge in [0.05, 0.1) is 11.3 Å². The minimum Gasteiger partial charge on any atom is -0.483 e. The molecule has 1 N–H and O–H groups in total. The molecule has 0 spiro atoms. The Balaban J connectivity index is 1.66. The molecular weight excluding hydrogens is 376 g/mol. The maximum atomic E-state index is 13.1. The number of anilines is 1. The molecule has 2 amide bonds. The van der Waals surface area contributed by atoms with Crippen molar-refractivity contribution in [1.29, 1.82) is 0 Å². The first-order chi connectivity index (χ1) is 14.5. The number of para-hydroxylation sites is 2. The van der Waals surface area contributed by atoms with E-state index in [1.54, 1.807) is 12.1 Å². The third-order valence-electron chi connectivity index (χ3n) is 5.77. The molecule has 0 heterocycles. The number of carbonyl (C=O) groups is 2. The molecule has 160 valence electrons. The van der Waals surface area contributed by atoms with Gasteiger partial charge in [-0.25, -0.2) is 0 Å². The van der Waals surface area contributed by atoms with Crippen molar-refractivity contribution < 1.29 is 14.3 Å². The van der Waals surface area contributed by atoms with Crippen molar-refractivity contribution in [1.82, 2.24) is 4.90 Å². The first-order valence-electron chi connectivity index (χ1n) is 10.8. The molecule has 0 unspecified atom stereocenters. The second-order valence-electron chi connectivity index (χ2n) is 8.28. The number of rotatable bonds is 7. The largest absolute Gasteiger partial charge is 0.483 e. The summed E-state index contributed by atoms with van der Waals surface area (Å²) < 4.78 is 5.77. The zero-order valence-corrected chi connectivity index (χ0v) is 18.2. The van der Waals surface area contributed by atoms with Crippen molar-refractivity contribution in [3.63, 3.8) is 0 Å². The molecular formula is C25H32N2O3. The molecule has 1 aliphatic carbocycles. The lowest BCUT2D eigenvalue weighted by atomic mass is 9.94. The van der Waals surface area contributed by atoms with E-state index in [9.17, 15) is 9.59 Å². The van der Waals surface area contributed by atoms with Gasteiger partial charge in [-0.2, -0.15) is 0 Å². The lowest BCUT2D eigenvalue weighted by molar-refractivity contribution is -0.118. The number of ether oxygens (including phenoxy) is 1. The molecule has 2 aromatic rings. The van der Waals surface area contributed by atoms with Crippen LogP contribution in [0.3, 0.4) is 0 Å². The molecule has 0 saturated heterocycles. The summed E-state index contributed by atoms with van der Waals surface area (Å²) in [6, 6.07) is 15.2. The molecule has 3 rings (SSSR count). The maximum absolute atomic E-state index is 13.1. The molecule has 1 aliphatic rings. The average molecular weight is 409 g/mol. The van der Waals surface area contributed by atoms with Crippen LogP contribution >= 0.6 is 0 Å². The van der Waals surface area contributed by atoms with Crippen molar-refractivity contribution >= 4 is 17.5 Å². The van der Waals surface area contributed by atoms with Crippen LogP contribution in [0.2, 0.25) is 0 Å². The zero-order chi connectivity index (χ0) is 21.5. The van der Waals surface area contributed by atoms with Gasteiger partial charge in [-0.1, -0.05) is 63.4 Å². The number of nitrogens with one attached hydrogen (secondary N) is 1. The summed E-state index contributed by atoms with van der Waals surface area (Å²) in [4.78, 5) is 27.5. The van der Waals surface area contributed by atoms with Crippen LogP contribution in [0.15, 0.2) is 48.5 Å². The summed E-state index contributed by atoms with van der Waals surface area (Å²) in [5, 5.41) is 2.86. The number of nitrogens with zero attached hydrogens (tertiary/aromatic N) is 1. The molecule has 5 nitrogen and oxygen atoms in total. The average Bonchev–Trinajstić information content (AvgIpc) is 2.78. The maximum Gasteiger partial charge on any atom is 0.262 e. The molecule has 5 heteroatoms. The van der Waals surface area contributed by atoms with Gasteiger partial charge in [0.1, 0.15) is 5.75 Å². The van der Waals surface area contributed by atoms with E-state index in [1.807, 2.05) is 48.3 Å².